The van der Waals surface area contributed by atoms with Crippen LogP contribution in [0.3, 0.4) is 0 Å². The molecule has 1 saturated carbocycles. The molecule has 0 aromatic heterocycles. The van der Waals surface area contributed by atoms with Gasteiger partial charge >= 0.3 is 0 Å². The van der Waals surface area contributed by atoms with Crippen LogP contribution in [-0.4, -0.2) is 23.4 Å². The minimum absolute atomic E-state index is 0.0831. The molecule has 1 aromatic rings. The summed E-state index contributed by atoms with van der Waals surface area (Å²) in [7, 11) is 0. The summed E-state index contributed by atoms with van der Waals surface area (Å²) in [4.78, 5) is 0. The minimum atomic E-state index is -0.689. The van der Waals surface area contributed by atoms with Gasteiger partial charge in [-0.3, -0.25) is 0 Å². The van der Waals surface area contributed by atoms with Crippen LogP contribution in [0.25, 0.3) is 0 Å². The lowest BCUT2D eigenvalue weighted by atomic mass is 10.0. The lowest BCUT2D eigenvalue weighted by molar-refractivity contribution is -0.0255. The standard InChI is InChI=1S/C15H23NO2/c1-3-16-11-12-7-4-5-8-13(12)18-14-9-6-10-15(14,2)17/h4-5,7-8,14,16-17H,3,6,9-11H2,1-2H3. The Morgan fingerprint density at radius 3 is 2.89 bits per heavy atom. The summed E-state index contributed by atoms with van der Waals surface area (Å²) in [5, 5.41) is 13.5. The number of ether oxygens (including phenoxy) is 1. The van der Waals surface area contributed by atoms with Crippen molar-refractivity contribution in [2.75, 3.05) is 6.54 Å². The predicted octanol–water partition coefficient (Wildman–Crippen LogP) is 2.48. The first-order chi connectivity index (χ1) is 8.63. The molecule has 0 radical (unpaired) electrons. The molecule has 2 rings (SSSR count). The predicted molar refractivity (Wildman–Crippen MR) is 72.7 cm³/mol. The van der Waals surface area contributed by atoms with Gasteiger partial charge in [-0.25, -0.2) is 0 Å². The van der Waals surface area contributed by atoms with Crippen LogP contribution in [0, 0.1) is 0 Å². The molecule has 2 atom stereocenters. The van der Waals surface area contributed by atoms with Crippen molar-refractivity contribution >= 4 is 0 Å². The molecule has 3 heteroatoms. The van der Waals surface area contributed by atoms with Gasteiger partial charge in [0.25, 0.3) is 0 Å². The van der Waals surface area contributed by atoms with E-state index in [2.05, 4.69) is 18.3 Å². The van der Waals surface area contributed by atoms with Gasteiger partial charge in [0.15, 0.2) is 0 Å². The number of hydrogen-bond donors (Lipinski definition) is 2. The topological polar surface area (TPSA) is 41.5 Å². The third-order valence-electron chi connectivity index (χ3n) is 3.65. The molecule has 1 aliphatic carbocycles. The molecule has 0 saturated heterocycles. The minimum Gasteiger partial charge on any atom is -0.487 e. The van der Waals surface area contributed by atoms with Crippen LogP contribution >= 0.6 is 0 Å². The van der Waals surface area contributed by atoms with E-state index < -0.39 is 5.60 Å². The zero-order valence-corrected chi connectivity index (χ0v) is 11.3. The van der Waals surface area contributed by atoms with Crippen LogP contribution in [0.5, 0.6) is 5.75 Å². The number of nitrogens with one attached hydrogen (secondary N) is 1. The highest BCUT2D eigenvalue weighted by Gasteiger charge is 2.38. The summed E-state index contributed by atoms with van der Waals surface area (Å²) in [6.07, 6.45) is 2.71. The van der Waals surface area contributed by atoms with Crippen LogP contribution in [0.2, 0.25) is 0 Å². The van der Waals surface area contributed by atoms with Gasteiger partial charge in [-0.2, -0.15) is 0 Å². The van der Waals surface area contributed by atoms with Gasteiger partial charge in [-0.15, -0.1) is 0 Å². The van der Waals surface area contributed by atoms with E-state index in [1.165, 1.54) is 0 Å². The second kappa shape index (κ2) is 5.72. The third-order valence-corrected chi connectivity index (χ3v) is 3.65. The van der Waals surface area contributed by atoms with Gasteiger partial charge < -0.3 is 15.2 Å². The Labute approximate surface area is 109 Å². The third kappa shape index (κ3) is 3.03. The lowest BCUT2D eigenvalue weighted by Crippen LogP contribution is -2.38. The average Bonchev–Trinajstić information content (AvgIpc) is 2.68. The fraction of sp³-hybridized carbons (Fsp3) is 0.600. The average molecular weight is 249 g/mol. The van der Waals surface area contributed by atoms with E-state index in [0.717, 1.165) is 43.7 Å². The Hall–Kier alpha value is -1.06. The highest BCUT2D eigenvalue weighted by Crippen LogP contribution is 2.33. The first kappa shape index (κ1) is 13.4. The van der Waals surface area contributed by atoms with Gasteiger partial charge in [0.1, 0.15) is 11.9 Å². The van der Waals surface area contributed by atoms with Crippen LogP contribution in [0.4, 0.5) is 0 Å². The highest BCUT2D eigenvalue weighted by molar-refractivity contribution is 5.33. The maximum absolute atomic E-state index is 10.2. The van der Waals surface area contributed by atoms with Gasteiger partial charge in [0, 0.05) is 12.1 Å². The monoisotopic (exact) mass is 249 g/mol. The molecule has 100 valence electrons. The van der Waals surface area contributed by atoms with Gasteiger partial charge in [-0.1, -0.05) is 25.1 Å². The normalized spacial score (nSPS) is 27.4. The zero-order chi connectivity index (χ0) is 13.0. The van der Waals surface area contributed by atoms with Gasteiger partial charge in [0.2, 0.25) is 0 Å². The molecule has 1 aromatic carbocycles. The summed E-state index contributed by atoms with van der Waals surface area (Å²) < 4.78 is 6.03. The first-order valence-electron chi connectivity index (χ1n) is 6.81. The Morgan fingerprint density at radius 1 is 1.44 bits per heavy atom. The van der Waals surface area contributed by atoms with Crippen molar-refractivity contribution in [3.05, 3.63) is 29.8 Å². The second-order valence-electron chi connectivity index (χ2n) is 5.24. The van der Waals surface area contributed by atoms with Crippen LogP contribution < -0.4 is 10.1 Å². The lowest BCUT2D eigenvalue weighted by Gasteiger charge is -2.27. The molecule has 0 aliphatic heterocycles. The molecular formula is C15H23NO2. The summed E-state index contributed by atoms with van der Waals surface area (Å²) >= 11 is 0. The van der Waals surface area contributed by atoms with Crippen molar-refractivity contribution in [1.82, 2.24) is 5.32 Å². The molecule has 0 amide bonds. The quantitative estimate of drug-likeness (QED) is 0.842. The van der Waals surface area contributed by atoms with Crippen molar-refractivity contribution < 1.29 is 9.84 Å². The molecular weight excluding hydrogens is 226 g/mol. The summed E-state index contributed by atoms with van der Waals surface area (Å²) in [5.41, 5.74) is 0.465. The number of rotatable bonds is 5. The van der Waals surface area contributed by atoms with Gasteiger partial charge in [-0.05, 0) is 38.8 Å². The number of para-hydroxylation sites is 1. The van der Waals surface area contributed by atoms with Crippen molar-refractivity contribution in [3.8, 4) is 5.75 Å². The van der Waals surface area contributed by atoms with E-state index in [-0.39, 0.29) is 6.10 Å². The van der Waals surface area contributed by atoms with Gasteiger partial charge in [0.05, 0.1) is 5.60 Å². The first-order valence-corrected chi connectivity index (χ1v) is 6.81. The van der Waals surface area contributed by atoms with Crippen LogP contribution in [0.15, 0.2) is 24.3 Å². The summed E-state index contributed by atoms with van der Waals surface area (Å²) in [5.74, 6) is 0.894. The Kier molecular flexibility index (Phi) is 4.25. The zero-order valence-electron chi connectivity index (χ0n) is 11.3. The molecule has 3 nitrogen and oxygen atoms in total. The smallest absolute Gasteiger partial charge is 0.127 e. The maximum Gasteiger partial charge on any atom is 0.127 e. The van der Waals surface area contributed by atoms with E-state index in [4.69, 9.17) is 4.74 Å². The molecule has 2 N–H and O–H groups in total. The van der Waals surface area contributed by atoms with Crippen LogP contribution in [0.1, 0.15) is 38.7 Å². The van der Waals surface area contributed by atoms with E-state index in [0.29, 0.717) is 0 Å². The molecule has 2 unspecified atom stereocenters. The Balaban J connectivity index is 2.08. The number of benzene rings is 1. The summed E-state index contributed by atoms with van der Waals surface area (Å²) in [6, 6.07) is 8.06. The number of aliphatic hydroxyl groups is 1. The Morgan fingerprint density at radius 2 is 2.22 bits per heavy atom. The number of hydrogen-bond acceptors (Lipinski definition) is 3. The maximum atomic E-state index is 10.2. The largest absolute Gasteiger partial charge is 0.487 e. The van der Waals surface area contributed by atoms with E-state index in [1.807, 2.05) is 25.1 Å². The highest BCUT2D eigenvalue weighted by atomic mass is 16.5. The van der Waals surface area contributed by atoms with Crippen molar-refractivity contribution in [1.29, 1.82) is 0 Å². The van der Waals surface area contributed by atoms with E-state index >= 15 is 0 Å². The van der Waals surface area contributed by atoms with E-state index in [1.54, 1.807) is 0 Å². The molecule has 18 heavy (non-hydrogen) atoms. The fourth-order valence-electron chi connectivity index (χ4n) is 2.48. The molecule has 0 heterocycles. The molecule has 0 bridgehead atoms. The van der Waals surface area contributed by atoms with Crippen molar-refractivity contribution in [3.63, 3.8) is 0 Å². The second-order valence-corrected chi connectivity index (χ2v) is 5.24. The van der Waals surface area contributed by atoms with Crippen LogP contribution in [-0.2, 0) is 6.54 Å². The molecule has 1 aliphatic rings. The SMILES string of the molecule is CCNCc1ccccc1OC1CCCC1(C)O. The van der Waals surface area contributed by atoms with Crippen molar-refractivity contribution in [2.45, 2.75) is 51.4 Å². The van der Waals surface area contributed by atoms with E-state index in [9.17, 15) is 5.11 Å². The fourth-order valence-corrected chi connectivity index (χ4v) is 2.48. The van der Waals surface area contributed by atoms with Crippen molar-refractivity contribution in [2.24, 2.45) is 0 Å². The molecule has 0 spiro atoms. The Bertz CT molecular complexity index is 390. The molecule has 1 fully saturated rings. The summed E-state index contributed by atoms with van der Waals surface area (Å²) in [6.45, 7) is 5.71.